The summed E-state index contributed by atoms with van der Waals surface area (Å²) in [6.07, 6.45) is 5.51. The van der Waals surface area contributed by atoms with Gasteiger partial charge in [0.15, 0.2) is 0 Å². The fraction of sp³-hybridized carbons (Fsp3) is 0.889. The van der Waals surface area contributed by atoms with Crippen molar-refractivity contribution in [3.63, 3.8) is 0 Å². The highest BCUT2D eigenvalue weighted by Crippen LogP contribution is 2.35. The second-order valence-electron chi connectivity index (χ2n) is 3.65. The first-order valence-corrected chi connectivity index (χ1v) is 5.72. The molecule has 0 spiro atoms. The van der Waals surface area contributed by atoms with E-state index in [-0.39, 0.29) is 6.04 Å². The maximum atomic E-state index is 8.70. The topological polar surface area (TPSA) is 35.8 Å². The van der Waals surface area contributed by atoms with Crippen molar-refractivity contribution >= 4 is 11.8 Å². The molecular weight excluding hydrogens is 168 g/mol. The van der Waals surface area contributed by atoms with Crippen LogP contribution in [0.4, 0.5) is 0 Å². The molecule has 2 atom stereocenters. The van der Waals surface area contributed by atoms with Crippen LogP contribution in [0.5, 0.6) is 0 Å². The molecule has 3 heteroatoms. The van der Waals surface area contributed by atoms with Gasteiger partial charge in [0.2, 0.25) is 0 Å². The van der Waals surface area contributed by atoms with Crippen LogP contribution in [0.1, 0.15) is 25.7 Å². The molecule has 0 bridgehead atoms. The van der Waals surface area contributed by atoms with E-state index in [1.807, 2.05) is 11.8 Å². The Morgan fingerprint density at radius 2 is 2.08 bits per heavy atom. The monoisotopic (exact) mass is 182 g/mol. The van der Waals surface area contributed by atoms with Gasteiger partial charge in [0.25, 0.3) is 0 Å². The largest absolute Gasteiger partial charge is 0.289 e. The molecule has 2 rings (SSSR count). The van der Waals surface area contributed by atoms with E-state index in [4.69, 9.17) is 5.26 Å². The summed E-state index contributed by atoms with van der Waals surface area (Å²) in [5, 5.41) is 12.7. The highest BCUT2D eigenvalue weighted by molar-refractivity contribution is 8.00. The predicted molar refractivity (Wildman–Crippen MR) is 50.7 cm³/mol. The van der Waals surface area contributed by atoms with Crippen molar-refractivity contribution in [3.05, 3.63) is 0 Å². The zero-order valence-corrected chi connectivity index (χ0v) is 7.94. The van der Waals surface area contributed by atoms with Crippen LogP contribution in [-0.2, 0) is 0 Å². The summed E-state index contributed by atoms with van der Waals surface area (Å²) >= 11 is 1.94. The minimum Gasteiger partial charge on any atom is -0.289 e. The number of nitrogens with zero attached hydrogens (tertiary/aromatic N) is 1. The van der Waals surface area contributed by atoms with Gasteiger partial charge >= 0.3 is 0 Å². The van der Waals surface area contributed by atoms with Crippen LogP contribution >= 0.6 is 11.8 Å². The van der Waals surface area contributed by atoms with Crippen molar-refractivity contribution in [2.75, 3.05) is 5.75 Å². The third-order valence-corrected chi connectivity index (χ3v) is 4.20. The predicted octanol–water partition coefficient (Wildman–Crippen LogP) is 1.73. The third kappa shape index (κ3) is 1.60. The second-order valence-corrected chi connectivity index (χ2v) is 4.82. The van der Waals surface area contributed by atoms with Gasteiger partial charge in [-0.25, -0.2) is 0 Å². The highest BCUT2D eigenvalue weighted by atomic mass is 32.2. The summed E-state index contributed by atoms with van der Waals surface area (Å²) in [7, 11) is 0. The van der Waals surface area contributed by atoms with Crippen LogP contribution in [-0.4, -0.2) is 17.2 Å². The first-order chi connectivity index (χ1) is 5.90. The zero-order valence-electron chi connectivity index (χ0n) is 7.12. The van der Waals surface area contributed by atoms with Crippen LogP contribution in [0.25, 0.3) is 0 Å². The Morgan fingerprint density at radius 3 is 2.67 bits per heavy atom. The summed E-state index contributed by atoms with van der Waals surface area (Å²) in [6, 6.07) is 2.40. The Bertz CT molecular complexity index is 193. The summed E-state index contributed by atoms with van der Waals surface area (Å²) < 4.78 is 0. The molecule has 2 unspecified atom stereocenters. The molecule has 66 valence electrons. The summed E-state index contributed by atoms with van der Waals surface area (Å²) in [5.74, 6) is 1.82. The second kappa shape index (κ2) is 3.68. The summed E-state index contributed by atoms with van der Waals surface area (Å²) in [6.45, 7) is 0. The van der Waals surface area contributed by atoms with Gasteiger partial charge < -0.3 is 0 Å². The zero-order chi connectivity index (χ0) is 8.39. The molecule has 1 saturated heterocycles. The number of thioether (sulfide) groups is 1. The Kier molecular flexibility index (Phi) is 2.57. The van der Waals surface area contributed by atoms with E-state index in [0.29, 0.717) is 5.37 Å². The molecule has 1 saturated carbocycles. The van der Waals surface area contributed by atoms with E-state index < -0.39 is 0 Å². The van der Waals surface area contributed by atoms with Gasteiger partial charge in [0, 0.05) is 5.75 Å². The van der Waals surface area contributed by atoms with Crippen molar-refractivity contribution in [3.8, 4) is 6.07 Å². The Balaban J connectivity index is 1.86. The van der Waals surface area contributed by atoms with Crippen LogP contribution in [0.3, 0.4) is 0 Å². The maximum absolute atomic E-state index is 8.70. The third-order valence-electron chi connectivity index (χ3n) is 2.79. The van der Waals surface area contributed by atoms with Crippen molar-refractivity contribution < 1.29 is 0 Å². The number of rotatable bonds is 1. The minimum atomic E-state index is 0.112. The summed E-state index contributed by atoms with van der Waals surface area (Å²) in [4.78, 5) is 0. The van der Waals surface area contributed by atoms with Gasteiger partial charge in [0.05, 0.1) is 11.4 Å². The number of hydrogen-bond donors (Lipinski definition) is 1. The molecule has 0 aromatic rings. The molecule has 0 radical (unpaired) electrons. The van der Waals surface area contributed by atoms with Crippen molar-refractivity contribution in [1.82, 2.24) is 5.32 Å². The maximum Gasteiger partial charge on any atom is 0.105 e. The Hall–Kier alpha value is -0.200. The molecule has 2 fully saturated rings. The molecule has 1 aliphatic carbocycles. The van der Waals surface area contributed by atoms with Gasteiger partial charge in [-0.15, -0.1) is 11.8 Å². The fourth-order valence-corrected chi connectivity index (χ4v) is 3.48. The quantitative estimate of drug-likeness (QED) is 0.671. The van der Waals surface area contributed by atoms with Crippen LogP contribution in [0, 0.1) is 17.2 Å². The minimum absolute atomic E-state index is 0.112. The average molecular weight is 182 g/mol. The van der Waals surface area contributed by atoms with E-state index >= 15 is 0 Å². The van der Waals surface area contributed by atoms with Crippen LogP contribution in [0.2, 0.25) is 0 Å². The smallest absolute Gasteiger partial charge is 0.105 e. The van der Waals surface area contributed by atoms with Crippen molar-refractivity contribution in [1.29, 1.82) is 5.26 Å². The normalized spacial score (nSPS) is 36.9. The van der Waals surface area contributed by atoms with Gasteiger partial charge in [-0.1, -0.05) is 12.8 Å². The fourth-order valence-electron chi connectivity index (χ4n) is 2.10. The molecule has 1 heterocycles. The van der Waals surface area contributed by atoms with Gasteiger partial charge in [0.1, 0.15) is 6.04 Å². The lowest BCUT2D eigenvalue weighted by molar-refractivity contribution is 0.461. The van der Waals surface area contributed by atoms with E-state index in [2.05, 4.69) is 11.4 Å². The van der Waals surface area contributed by atoms with E-state index in [1.165, 1.54) is 25.7 Å². The standard InChI is InChI=1S/C9H14N2S/c10-5-8-6-12-9(11-8)7-3-1-2-4-7/h7-9,11H,1-4,6H2. The van der Waals surface area contributed by atoms with Gasteiger partial charge in [-0.05, 0) is 18.8 Å². The van der Waals surface area contributed by atoms with E-state index in [1.54, 1.807) is 0 Å². The molecule has 0 amide bonds. The molecule has 12 heavy (non-hydrogen) atoms. The molecule has 0 aromatic heterocycles. The van der Waals surface area contributed by atoms with Crippen molar-refractivity contribution in [2.24, 2.45) is 5.92 Å². The Labute approximate surface area is 77.7 Å². The lowest BCUT2D eigenvalue weighted by Crippen LogP contribution is -2.32. The van der Waals surface area contributed by atoms with E-state index in [9.17, 15) is 0 Å². The lowest BCUT2D eigenvalue weighted by atomic mass is 10.1. The van der Waals surface area contributed by atoms with Crippen LogP contribution in [0.15, 0.2) is 0 Å². The van der Waals surface area contributed by atoms with Gasteiger partial charge in [-0.3, -0.25) is 5.32 Å². The molecule has 2 aliphatic rings. The molecule has 2 nitrogen and oxygen atoms in total. The van der Waals surface area contributed by atoms with Crippen molar-refractivity contribution in [2.45, 2.75) is 37.1 Å². The first kappa shape index (κ1) is 8.40. The SMILES string of the molecule is N#CC1CSC(C2CCCC2)N1. The first-order valence-electron chi connectivity index (χ1n) is 4.67. The lowest BCUT2D eigenvalue weighted by Gasteiger charge is -2.16. The highest BCUT2D eigenvalue weighted by Gasteiger charge is 2.31. The van der Waals surface area contributed by atoms with Gasteiger partial charge in [-0.2, -0.15) is 5.26 Å². The molecule has 1 aliphatic heterocycles. The van der Waals surface area contributed by atoms with E-state index in [0.717, 1.165) is 11.7 Å². The molecule has 0 aromatic carbocycles. The number of hydrogen-bond acceptors (Lipinski definition) is 3. The number of nitriles is 1. The van der Waals surface area contributed by atoms with Crippen LogP contribution < -0.4 is 5.32 Å². The summed E-state index contributed by atoms with van der Waals surface area (Å²) in [5.41, 5.74) is 0. The molecule has 1 N–H and O–H groups in total. The molecular formula is C9H14N2S. The number of nitrogens with one attached hydrogen (secondary N) is 1. The Morgan fingerprint density at radius 1 is 1.33 bits per heavy atom. The average Bonchev–Trinajstić information content (AvgIpc) is 2.75.